The number of rotatable bonds is 8. The van der Waals surface area contributed by atoms with Gasteiger partial charge in [-0.2, -0.15) is 5.26 Å². The number of amides is 1. The van der Waals surface area contributed by atoms with Gasteiger partial charge in [0.2, 0.25) is 19.3 Å². The van der Waals surface area contributed by atoms with Crippen molar-refractivity contribution in [2.24, 2.45) is 5.92 Å². The van der Waals surface area contributed by atoms with E-state index in [0.717, 1.165) is 11.3 Å². The van der Waals surface area contributed by atoms with E-state index in [-0.39, 0.29) is 26.7 Å². The number of esters is 1. The number of sulfone groups is 1. The summed E-state index contributed by atoms with van der Waals surface area (Å²) in [5.41, 5.74) is 0.700. The Morgan fingerprint density at radius 2 is 1.79 bits per heavy atom. The van der Waals surface area contributed by atoms with Crippen molar-refractivity contribution in [1.82, 2.24) is 10.2 Å². The van der Waals surface area contributed by atoms with Gasteiger partial charge >= 0.3 is 5.97 Å². The summed E-state index contributed by atoms with van der Waals surface area (Å²) in [7, 11) is -3.60. The molecule has 1 N–H and O–H groups in total. The van der Waals surface area contributed by atoms with Gasteiger partial charge in [0, 0.05) is 0 Å². The summed E-state index contributed by atoms with van der Waals surface area (Å²) in [5, 5.41) is 19.1. The molecule has 174 valence electrons. The van der Waals surface area contributed by atoms with Crippen molar-refractivity contribution in [1.29, 1.82) is 5.26 Å². The topological polar surface area (TPSA) is 139 Å². The fraction of sp³-hybridized carbons (Fsp3) is 0.174. The summed E-state index contributed by atoms with van der Waals surface area (Å²) in [6.07, 6.45) is 1.34. The van der Waals surface area contributed by atoms with Crippen LogP contribution in [0.15, 0.2) is 64.5 Å². The molecular weight excluding hydrogens is 476 g/mol. The second kappa shape index (κ2) is 10.8. The molecule has 0 radical (unpaired) electrons. The molecular formula is C23H20N4O5S2. The van der Waals surface area contributed by atoms with Crippen molar-refractivity contribution in [3.8, 4) is 11.8 Å². The Labute approximate surface area is 200 Å². The van der Waals surface area contributed by atoms with Gasteiger partial charge < -0.3 is 4.74 Å². The van der Waals surface area contributed by atoms with Crippen LogP contribution < -0.4 is 10.1 Å². The normalized spacial score (nSPS) is 11.6. The largest absolute Gasteiger partial charge is 0.423 e. The maximum absolute atomic E-state index is 12.5. The van der Waals surface area contributed by atoms with Crippen molar-refractivity contribution in [2.45, 2.75) is 18.2 Å². The number of aromatic nitrogens is 2. The number of anilines is 1. The molecule has 3 aromatic rings. The zero-order chi connectivity index (χ0) is 24.7. The predicted molar refractivity (Wildman–Crippen MR) is 127 cm³/mol. The van der Waals surface area contributed by atoms with Gasteiger partial charge in [-0.1, -0.05) is 55.5 Å². The van der Waals surface area contributed by atoms with Crippen molar-refractivity contribution < 1.29 is 22.7 Å². The van der Waals surface area contributed by atoms with Crippen LogP contribution in [0.4, 0.5) is 5.13 Å². The highest BCUT2D eigenvalue weighted by molar-refractivity contribution is 7.93. The van der Waals surface area contributed by atoms with Crippen LogP contribution in [0.25, 0.3) is 6.08 Å². The summed E-state index contributed by atoms with van der Waals surface area (Å²) in [4.78, 5) is 24.6. The molecule has 11 heteroatoms. The molecule has 34 heavy (non-hydrogen) atoms. The van der Waals surface area contributed by atoms with Gasteiger partial charge in [-0.15, -0.1) is 10.2 Å². The smallest absolute Gasteiger partial charge is 0.343 e. The molecule has 1 heterocycles. The molecule has 1 aromatic heterocycles. The maximum Gasteiger partial charge on any atom is 0.343 e. The van der Waals surface area contributed by atoms with Gasteiger partial charge in [0.15, 0.2) is 0 Å². The van der Waals surface area contributed by atoms with Crippen molar-refractivity contribution in [2.75, 3.05) is 11.1 Å². The van der Waals surface area contributed by atoms with Gasteiger partial charge in [-0.05, 0) is 41.8 Å². The first kappa shape index (κ1) is 24.8. The van der Waals surface area contributed by atoms with E-state index in [0.29, 0.717) is 16.9 Å². The molecule has 0 saturated heterocycles. The van der Waals surface area contributed by atoms with E-state index >= 15 is 0 Å². The Morgan fingerprint density at radius 1 is 1.12 bits per heavy atom. The highest BCUT2D eigenvalue weighted by Gasteiger charge is 2.23. The Morgan fingerprint density at radius 3 is 2.41 bits per heavy atom. The fourth-order valence-electron chi connectivity index (χ4n) is 2.75. The third-order valence-electron chi connectivity index (χ3n) is 4.22. The average Bonchev–Trinajstić information content (AvgIpc) is 3.28. The fourth-order valence-corrected chi connectivity index (χ4v) is 5.35. The monoisotopic (exact) mass is 496 g/mol. The first-order valence-electron chi connectivity index (χ1n) is 10.0. The molecule has 3 rings (SSSR count). The lowest BCUT2D eigenvalue weighted by molar-refractivity contribution is -0.112. The number of carbonyl (C=O) groups is 2. The van der Waals surface area contributed by atoms with Gasteiger partial charge in [-0.25, -0.2) is 13.2 Å². The quantitative estimate of drug-likeness (QED) is 0.164. The van der Waals surface area contributed by atoms with Crippen LogP contribution in [0.1, 0.15) is 29.8 Å². The maximum atomic E-state index is 12.5. The Bertz CT molecular complexity index is 1360. The van der Waals surface area contributed by atoms with Crippen molar-refractivity contribution in [3.05, 3.63) is 71.3 Å². The molecule has 0 aliphatic carbocycles. The van der Waals surface area contributed by atoms with E-state index in [4.69, 9.17) is 4.74 Å². The number of nitriles is 1. The minimum atomic E-state index is -3.60. The van der Waals surface area contributed by atoms with Crippen molar-refractivity contribution in [3.63, 3.8) is 0 Å². The SMILES string of the molecule is CC(C)CS(=O)(=O)c1nnc(NC(=O)/C(C#N)=C\c2ccc(OC(=O)c3ccccc3)cc2)s1. The number of ether oxygens (including phenoxy) is 1. The standard InChI is InChI=1S/C23H20N4O5S2/c1-15(2)14-34(30,31)23-27-26-22(33-23)25-20(28)18(13-24)12-16-8-10-19(11-9-16)32-21(29)17-6-4-3-5-7-17/h3-12,15H,14H2,1-2H3,(H,25,26,28)/b18-12-. The van der Waals surface area contributed by atoms with Crippen LogP contribution in [0.3, 0.4) is 0 Å². The zero-order valence-corrected chi connectivity index (χ0v) is 19.9. The summed E-state index contributed by atoms with van der Waals surface area (Å²) in [5.74, 6) is -1.14. The minimum absolute atomic E-state index is 0.0309. The van der Waals surface area contributed by atoms with Gasteiger partial charge in [0.05, 0.1) is 11.3 Å². The molecule has 0 aliphatic rings. The second-order valence-corrected chi connectivity index (χ2v) is 10.7. The molecule has 0 fully saturated rings. The third kappa shape index (κ3) is 6.57. The summed E-state index contributed by atoms with van der Waals surface area (Å²) < 4.78 is 29.6. The average molecular weight is 497 g/mol. The number of nitrogens with one attached hydrogen (secondary N) is 1. The van der Waals surface area contributed by atoms with Crippen molar-refractivity contribution >= 4 is 44.3 Å². The lowest BCUT2D eigenvalue weighted by atomic mass is 10.1. The third-order valence-corrected chi connectivity index (χ3v) is 7.59. The molecule has 0 bridgehead atoms. The molecule has 0 atom stereocenters. The molecule has 2 aromatic carbocycles. The lowest BCUT2D eigenvalue weighted by Gasteiger charge is -2.05. The predicted octanol–water partition coefficient (Wildman–Crippen LogP) is 3.73. The summed E-state index contributed by atoms with van der Waals surface area (Å²) >= 11 is 0.723. The minimum Gasteiger partial charge on any atom is -0.423 e. The lowest BCUT2D eigenvalue weighted by Crippen LogP contribution is -2.13. The van der Waals surface area contributed by atoms with Gasteiger partial charge in [0.25, 0.3) is 5.91 Å². The zero-order valence-electron chi connectivity index (χ0n) is 18.3. The first-order chi connectivity index (χ1) is 16.2. The molecule has 0 spiro atoms. The number of hydrogen-bond acceptors (Lipinski definition) is 9. The number of hydrogen-bond donors (Lipinski definition) is 1. The summed E-state index contributed by atoms with van der Waals surface area (Å²) in [6.45, 7) is 3.54. The van der Waals surface area contributed by atoms with Crippen LogP contribution in [0.5, 0.6) is 5.75 Å². The Hall–Kier alpha value is -3.88. The molecule has 0 saturated carbocycles. The highest BCUT2D eigenvalue weighted by atomic mass is 32.2. The van der Waals surface area contributed by atoms with Crippen LogP contribution in [-0.2, 0) is 14.6 Å². The van der Waals surface area contributed by atoms with E-state index in [2.05, 4.69) is 15.5 Å². The number of nitrogens with zero attached hydrogens (tertiary/aromatic N) is 3. The Kier molecular flexibility index (Phi) is 7.88. The van der Waals surface area contributed by atoms with Crippen LogP contribution in [0, 0.1) is 17.2 Å². The van der Waals surface area contributed by atoms with E-state index < -0.39 is 21.7 Å². The van der Waals surface area contributed by atoms with E-state index in [1.807, 2.05) is 0 Å². The first-order valence-corrected chi connectivity index (χ1v) is 12.5. The number of benzene rings is 2. The number of carbonyl (C=O) groups excluding carboxylic acids is 2. The van der Waals surface area contributed by atoms with Crippen LogP contribution in [0.2, 0.25) is 0 Å². The van der Waals surface area contributed by atoms with Crippen LogP contribution >= 0.6 is 11.3 Å². The van der Waals surface area contributed by atoms with E-state index in [1.165, 1.54) is 18.2 Å². The second-order valence-electron chi connectivity index (χ2n) is 7.50. The van der Waals surface area contributed by atoms with E-state index in [1.54, 1.807) is 62.4 Å². The molecule has 0 unspecified atom stereocenters. The van der Waals surface area contributed by atoms with Gasteiger partial charge in [-0.3, -0.25) is 10.1 Å². The summed E-state index contributed by atoms with van der Waals surface area (Å²) in [6, 6.07) is 16.6. The Balaban J connectivity index is 1.67. The molecule has 1 amide bonds. The van der Waals surface area contributed by atoms with E-state index in [9.17, 15) is 23.3 Å². The molecule has 0 aliphatic heterocycles. The highest BCUT2D eigenvalue weighted by Crippen LogP contribution is 2.23. The molecule has 9 nitrogen and oxygen atoms in total. The van der Waals surface area contributed by atoms with Gasteiger partial charge in [0.1, 0.15) is 17.4 Å². The van der Waals surface area contributed by atoms with Crippen LogP contribution in [-0.4, -0.2) is 36.2 Å².